The number of hydrogen-bond donors (Lipinski definition) is 2. The third-order valence-corrected chi connectivity index (χ3v) is 10.0. The summed E-state index contributed by atoms with van der Waals surface area (Å²) >= 11 is 12.7. The van der Waals surface area contributed by atoms with Gasteiger partial charge in [0, 0.05) is 24.1 Å². The number of carbonyl (C=O) groups excluding carboxylic acids is 1. The van der Waals surface area contributed by atoms with Gasteiger partial charge in [-0.25, -0.2) is 13.2 Å². The van der Waals surface area contributed by atoms with Crippen LogP contribution in [0.3, 0.4) is 0 Å². The predicted octanol–water partition coefficient (Wildman–Crippen LogP) is 4.68. The quantitative estimate of drug-likeness (QED) is 0.335. The maximum Gasteiger partial charge on any atom is 0.326 e. The SMILES string of the molecule is CP(=O)(CCc1cc(Cl)c(C(=O)N[C@@H](Cc2cccc(S(C)(=O)=O)c2)C(=O)O)c(Cl)c1)c1ccccc1. The van der Waals surface area contributed by atoms with Crippen LogP contribution in [0.25, 0.3) is 0 Å². The Bertz CT molecular complexity index is 1450. The number of benzene rings is 3. The number of aliphatic carboxylic acids is 1. The summed E-state index contributed by atoms with van der Waals surface area (Å²) in [5.74, 6) is -2.08. The molecule has 3 rings (SSSR count). The van der Waals surface area contributed by atoms with Crippen molar-refractivity contribution < 1.29 is 27.7 Å². The molecule has 0 aliphatic carbocycles. The molecule has 0 aliphatic rings. The van der Waals surface area contributed by atoms with E-state index in [1.165, 1.54) is 18.2 Å². The van der Waals surface area contributed by atoms with Crippen molar-refractivity contribution in [3.8, 4) is 0 Å². The maximum absolute atomic E-state index is 13.1. The summed E-state index contributed by atoms with van der Waals surface area (Å²) < 4.78 is 36.8. The number of halogens is 2. The van der Waals surface area contributed by atoms with Crippen molar-refractivity contribution in [2.45, 2.75) is 23.8 Å². The fourth-order valence-electron chi connectivity index (χ4n) is 3.77. The molecule has 1 unspecified atom stereocenters. The molecule has 3 aromatic rings. The molecule has 3 aromatic carbocycles. The zero-order chi connectivity index (χ0) is 27.4. The summed E-state index contributed by atoms with van der Waals surface area (Å²) in [4.78, 5) is 24.8. The second-order valence-electron chi connectivity index (χ2n) is 8.83. The Labute approximate surface area is 226 Å². The topological polar surface area (TPSA) is 118 Å². The van der Waals surface area contributed by atoms with E-state index in [1.54, 1.807) is 24.9 Å². The minimum Gasteiger partial charge on any atom is -0.480 e. The average molecular weight is 582 g/mol. The summed E-state index contributed by atoms with van der Waals surface area (Å²) in [5, 5.41) is 12.9. The Morgan fingerprint density at radius 2 is 1.59 bits per heavy atom. The van der Waals surface area contributed by atoms with E-state index in [1.807, 2.05) is 30.3 Å². The number of amides is 1. The summed E-state index contributed by atoms with van der Waals surface area (Å²) in [7, 11) is -6.10. The Balaban J connectivity index is 1.75. The smallest absolute Gasteiger partial charge is 0.326 e. The van der Waals surface area contributed by atoms with Gasteiger partial charge >= 0.3 is 5.97 Å². The van der Waals surface area contributed by atoms with Crippen molar-refractivity contribution >= 4 is 57.4 Å². The lowest BCUT2D eigenvalue weighted by atomic mass is 10.0. The van der Waals surface area contributed by atoms with Crippen LogP contribution in [0.5, 0.6) is 0 Å². The number of carboxylic acid groups (broad SMARTS) is 1. The second-order valence-corrected chi connectivity index (χ2v) is 14.8. The van der Waals surface area contributed by atoms with E-state index in [2.05, 4.69) is 5.32 Å². The van der Waals surface area contributed by atoms with Crippen LogP contribution in [-0.4, -0.2) is 50.5 Å². The predicted molar refractivity (Wildman–Crippen MR) is 147 cm³/mol. The molecule has 11 heteroatoms. The normalized spacial score (nSPS) is 13.9. The zero-order valence-corrected chi connectivity index (χ0v) is 23.4. The van der Waals surface area contributed by atoms with E-state index in [0.29, 0.717) is 23.7 Å². The second kappa shape index (κ2) is 11.8. The minimum atomic E-state index is -3.48. The van der Waals surface area contributed by atoms with Crippen LogP contribution in [0.1, 0.15) is 21.5 Å². The van der Waals surface area contributed by atoms with E-state index >= 15 is 0 Å². The number of carboxylic acids is 1. The summed E-state index contributed by atoms with van der Waals surface area (Å²) in [6.07, 6.45) is 1.70. The van der Waals surface area contributed by atoms with Crippen molar-refractivity contribution in [2.75, 3.05) is 19.1 Å². The van der Waals surface area contributed by atoms with Crippen LogP contribution in [0.2, 0.25) is 10.0 Å². The van der Waals surface area contributed by atoms with Crippen molar-refractivity contribution in [1.29, 1.82) is 0 Å². The molecule has 0 saturated heterocycles. The highest BCUT2D eigenvalue weighted by molar-refractivity contribution is 7.90. The molecule has 0 heterocycles. The number of rotatable bonds is 10. The summed E-state index contributed by atoms with van der Waals surface area (Å²) in [6, 6.07) is 16.8. The van der Waals surface area contributed by atoms with Gasteiger partial charge in [-0.15, -0.1) is 0 Å². The molecule has 0 bridgehead atoms. The third-order valence-electron chi connectivity index (χ3n) is 5.83. The lowest BCUT2D eigenvalue weighted by molar-refractivity contribution is -0.139. The number of aryl methyl sites for hydroxylation is 1. The molecule has 0 spiro atoms. The molecule has 2 N–H and O–H groups in total. The Morgan fingerprint density at radius 1 is 0.973 bits per heavy atom. The highest BCUT2D eigenvalue weighted by atomic mass is 35.5. The molecule has 1 amide bonds. The number of nitrogens with one attached hydrogen (secondary N) is 1. The van der Waals surface area contributed by atoms with Gasteiger partial charge in [0.05, 0.1) is 20.5 Å². The van der Waals surface area contributed by atoms with Crippen molar-refractivity contribution in [3.05, 3.63) is 93.5 Å². The monoisotopic (exact) mass is 581 g/mol. The Hall–Kier alpha value is -2.64. The first-order valence-corrected chi connectivity index (χ1v) is 16.2. The zero-order valence-electron chi connectivity index (χ0n) is 20.1. The summed E-state index contributed by atoms with van der Waals surface area (Å²) in [6.45, 7) is 1.71. The molecule has 0 aliphatic heterocycles. The molecule has 0 saturated carbocycles. The first kappa shape index (κ1) is 28.9. The van der Waals surface area contributed by atoms with Crippen molar-refractivity contribution in [3.63, 3.8) is 0 Å². The molecule has 2 atom stereocenters. The molecular weight excluding hydrogens is 556 g/mol. The van der Waals surface area contributed by atoms with Gasteiger partial charge in [0.15, 0.2) is 9.84 Å². The van der Waals surface area contributed by atoms with Crippen LogP contribution in [-0.2, 0) is 32.0 Å². The number of carbonyl (C=O) groups is 2. The van der Waals surface area contributed by atoms with Crippen LogP contribution < -0.4 is 10.6 Å². The molecule has 0 fully saturated rings. The van der Waals surface area contributed by atoms with Gasteiger partial charge < -0.3 is 15.0 Å². The number of hydrogen-bond acceptors (Lipinski definition) is 5. The van der Waals surface area contributed by atoms with Gasteiger partial charge in [0.1, 0.15) is 13.2 Å². The number of sulfone groups is 1. The lowest BCUT2D eigenvalue weighted by Gasteiger charge is -2.17. The van der Waals surface area contributed by atoms with Gasteiger partial charge in [-0.2, -0.15) is 0 Å². The van der Waals surface area contributed by atoms with Crippen LogP contribution >= 0.6 is 30.3 Å². The van der Waals surface area contributed by atoms with Crippen molar-refractivity contribution in [2.24, 2.45) is 0 Å². The standard InChI is InChI=1S/C26H26Cl2NO6PS/c1-36(33,19-8-4-3-5-9-19)12-11-18-14-21(27)24(22(28)15-18)25(30)29-23(26(31)32)16-17-7-6-10-20(13-17)37(2,34)35/h3-10,13-15,23H,11-12,16H2,1-2H3,(H,29,30)(H,31,32)/t23-,36?/m0/s1. The molecular formula is C26H26Cl2NO6PS. The van der Waals surface area contributed by atoms with Gasteiger partial charge in [0.25, 0.3) is 5.91 Å². The first-order chi connectivity index (χ1) is 17.3. The van der Waals surface area contributed by atoms with E-state index in [4.69, 9.17) is 23.2 Å². The van der Waals surface area contributed by atoms with Gasteiger partial charge in [-0.3, -0.25) is 4.79 Å². The molecule has 7 nitrogen and oxygen atoms in total. The summed E-state index contributed by atoms with van der Waals surface area (Å²) in [5.41, 5.74) is 1.04. The molecule has 196 valence electrons. The molecule has 37 heavy (non-hydrogen) atoms. The Kier molecular flexibility index (Phi) is 9.24. The first-order valence-electron chi connectivity index (χ1n) is 11.2. The lowest BCUT2D eigenvalue weighted by Crippen LogP contribution is -2.42. The molecule has 0 radical (unpaired) electrons. The van der Waals surface area contributed by atoms with E-state index in [0.717, 1.165) is 11.6 Å². The largest absolute Gasteiger partial charge is 0.480 e. The van der Waals surface area contributed by atoms with Crippen LogP contribution in [0.15, 0.2) is 71.6 Å². The average Bonchev–Trinajstić information content (AvgIpc) is 2.82. The van der Waals surface area contributed by atoms with Gasteiger partial charge in [-0.05, 0) is 48.5 Å². The minimum absolute atomic E-state index is 0.0360. The van der Waals surface area contributed by atoms with Gasteiger partial charge in [-0.1, -0.05) is 65.7 Å². The highest BCUT2D eigenvalue weighted by Crippen LogP contribution is 2.40. The van der Waals surface area contributed by atoms with Crippen molar-refractivity contribution in [1.82, 2.24) is 5.32 Å². The van der Waals surface area contributed by atoms with Gasteiger partial charge in [0.2, 0.25) is 0 Å². The fourth-order valence-corrected chi connectivity index (χ4v) is 6.91. The Morgan fingerprint density at radius 3 is 2.16 bits per heavy atom. The van der Waals surface area contributed by atoms with E-state index in [-0.39, 0.29) is 26.9 Å². The fraction of sp³-hybridized carbons (Fsp3) is 0.231. The molecule has 0 aromatic heterocycles. The van der Waals surface area contributed by atoms with Crippen LogP contribution in [0, 0.1) is 0 Å². The van der Waals surface area contributed by atoms with Crippen LogP contribution in [0.4, 0.5) is 0 Å². The van der Waals surface area contributed by atoms with E-state index in [9.17, 15) is 27.7 Å². The maximum atomic E-state index is 13.1. The third kappa shape index (κ3) is 7.68. The van der Waals surface area contributed by atoms with E-state index < -0.39 is 34.9 Å². The highest BCUT2D eigenvalue weighted by Gasteiger charge is 2.25.